The second-order valence-corrected chi connectivity index (χ2v) is 12.1. The zero-order valence-corrected chi connectivity index (χ0v) is 27.6. The van der Waals surface area contributed by atoms with E-state index in [2.05, 4.69) is 52.6 Å². The van der Waals surface area contributed by atoms with Crippen molar-refractivity contribution in [2.45, 2.75) is 52.6 Å². The molecule has 43 heavy (non-hydrogen) atoms. The fraction of sp³-hybridized carbons (Fsp3) is 0.514. The van der Waals surface area contributed by atoms with Crippen molar-refractivity contribution in [1.82, 2.24) is 20.0 Å². The van der Waals surface area contributed by atoms with Gasteiger partial charge in [0.05, 0.1) is 18.7 Å². The van der Waals surface area contributed by atoms with Crippen molar-refractivity contribution in [3.05, 3.63) is 69.7 Å². The van der Waals surface area contributed by atoms with Gasteiger partial charge in [0, 0.05) is 73.5 Å². The number of halogens is 2. The minimum atomic E-state index is -0.202. The molecule has 6 nitrogen and oxygen atoms in total. The average molecular weight is 626 g/mol. The first-order chi connectivity index (χ1) is 20.8. The normalized spacial score (nSPS) is 17.0. The lowest BCUT2D eigenvalue weighted by molar-refractivity contribution is 0.0637. The van der Waals surface area contributed by atoms with Crippen LogP contribution in [0.4, 0.5) is 4.79 Å². The molecule has 2 aromatic carbocycles. The molecule has 2 aliphatic rings. The summed E-state index contributed by atoms with van der Waals surface area (Å²) in [6, 6.07) is 15.9. The van der Waals surface area contributed by atoms with Crippen LogP contribution in [0, 0.1) is 29.6 Å². The Bertz CT molecular complexity index is 1270. The van der Waals surface area contributed by atoms with Crippen molar-refractivity contribution in [2.24, 2.45) is 5.92 Å². The monoisotopic (exact) mass is 624 g/mol. The summed E-state index contributed by atoms with van der Waals surface area (Å²) >= 11 is 12.0. The van der Waals surface area contributed by atoms with Crippen LogP contribution in [-0.2, 0) is 4.74 Å². The van der Waals surface area contributed by atoms with Crippen LogP contribution in [0.1, 0.15) is 51.7 Å². The Kier molecular flexibility index (Phi) is 15.2. The smallest absolute Gasteiger partial charge is 0.409 e. The van der Waals surface area contributed by atoms with Crippen molar-refractivity contribution >= 4 is 29.3 Å². The number of amides is 1. The van der Waals surface area contributed by atoms with Crippen LogP contribution >= 0.6 is 23.2 Å². The topological polar surface area (TPSA) is 48.1 Å². The Labute approximate surface area is 269 Å². The fourth-order valence-electron chi connectivity index (χ4n) is 4.91. The number of piperazine rings is 2. The quantitative estimate of drug-likeness (QED) is 0.385. The summed E-state index contributed by atoms with van der Waals surface area (Å²) in [7, 11) is 0. The third-order valence-electron chi connectivity index (χ3n) is 7.33. The number of ether oxygens (including phenoxy) is 1. The predicted octanol–water partition coefficient (Wildman–Crippen LogP) is 6.26. The summed E-state index contributed by atoms with van der Waals surface area (Å²) < 4.78 is 5.31. The van der Waals surface area contributed by atoms with E-state index < -0.39 is 0 Å². The zero-order valence-electron chi connectivity index (χ0n) is 26.0. The summed E-state index contributed by atoms with van der Waals surface area (Å²) in [5, 5.41) is 4.82. The van der Waals surface area contributed by atoms with E-state index in [4.69, 9.17) is 27.9 Å². The Morgan fingerprint density at radius 1 is 0.814 bits per heavy atom. The highest BCUT2D eigenvalue weighted by molar-refractivity contribution is 6.30. The van der Waals surface area contributed by atoms with Gasteiger partial charge in [0.15, 0.2) is 0 Å². The molecule has 2 unspecified atom stereocenters. The molecule has 8 heteroatoms. The zero-order chi connectivity index (χ0) is 31.0. The van der Waals surface area contributed by atoms with Gasteiger partial charge in [-0.05, 0) is 55.2 Å². The fourth-order valence-corrected chi connectivity index (χ4v) is 5.29. The molecule has 0 bridgehead atoms. The third-order valence-corrected chi connectivity index (χ3v) is 7.80. The molecule has 2 atom stereocenters. The van der Waals surface area contributed by atoms with Gasteiger partial charge in [-0.2, -0.15) is 0 Å². The standard InChI is InChI=1S/C20H27ClN2O2.C15H19ClN2/c1-4-19(9-8-17-6-5-7-18(21)14-17)22-10-12-23(13-11-22)20(24)25-15-16(2)3;1-2-15(18-10-8-17-9-11-18)7-6-13-4-3-5-14(16)12-13/h5-7,14,16,19H,4,10-13,15H2,1-3H3;3-5,12,15,17H,2,8-11H2,1H3. The number of nitrogens with zero attached hydrogens (tertiary/aromatic N) is 3. The molecule has 2 saturated heterocycles. The molecule has 0 aromatic heterocycles. The molecule has 0 saturated carbocycles. The maximum absolute atomic E-state index is 12.0. The van der Waals surface area contributed by atoms with Gasteiger partial charge in [-0.25, -0.2) is 4.79 Å². The lowest BCUT2D eigenvalue weighted by Gasteiger charge is -2.36. The van der Waals surface area contributed by atoms with Gasteiger partial charge >= 0.3 is 6.09 Å². The molecule has 0 aliphatic carbocycles. The van der Waals surface area contributed by atoms with Crippen molar-refractivity contribution in [2.75, 3.05) is 59.0 Å². The van der Waals surface area contributed by atoms with Crippen LogP contribution in [0.25, 0.3) is 0 Å². The molecule has 2 heterocycles. The number of hydrogen-bond acceptors (Lipinski definition) is 5. The van der Waals surface area contributed by atoms with Gasteiger partial charge in [0.1, 0.15) is 0 Å². The largest absolute Gasteiger partial charge is 0.449 e. The average Bonchev–Trinajstić information content (AvgIpc) is 3.02. The number of carbonyl (C=O) groups excluding carboxylic acids is 1. The molecule has 2 aromatic rings. The molecule has 1 amide bonds. The van der Waals surface area contributed by atoms with E-state index in [-0.39, 0.29) is 12.1 Å². The molecule has 2 aliphatic heterocycles. The minimum Gasteiger partial charge on any atom is -0.449 e. The Morgan fingerprint density at radius 3 is 1.74 bits per heavy atom. The van der Waals surface area contributed by atoms with Crippen molar-refractivity contribution in [1.29, 1.82) is 0 Å². The molecular weight excluding hydrogens is 579 g/mol. The SMILES string of the molecule is CCC(C#Cc1cccc(Cl)c1)N1CCN(C(=O)OCC(C)C)CC1.CCC(C#Cc1cccc(Cl)c1)N1CCNCC1. The molecule has 0 spiro atoms. The molecule has 2 fully saturated rings. The third kappa shape index (κ3) is 12.4. The van der Waals surface area contributed by atoms with Crippen molar-refractivity contribution in [3.63, 3.8) is 0 Å². The van der Waals surface area contributed by atoms with Crippen LogP contribution in [0.2, 0.25) is 10.0 Å². The number of nitrogens with one attached hydrogen (secondary N) is 1. The lowest BCUT2D eigenvalue weighted by atomic mass is 10.1. The summed E-state index contributed by atoms with van der Waals surface area (Å²) in [5.74, 6) is 13.5. The summed E-state index contributed by atoms with van der Waals surface area (Å²) in [4.78, 5) is 18.6. The summed E-state index contributed by atoms with van der Waals surface area (Å²) in [6.45, 7) is 16.2. The maximum Gasteiger partial charge on any atom is 0.409 e. The van der Waals surface area contributed by atoms with E-state index in [1.165, 1.54) is 0 Å². The Morgan fingerprint density at radius 2 is 1.30 bits per heavy atom. The Balaban J connectivity index is 0.000000248. The van der Waals surface area contributed by atoms with Gasteiger partial charge in [0.2, 0.25) is 0 Å². The van der Waals surface area contributed by atoms with Gasteiger partial charge in [-0.3, -0.25) is 9.80 Å². The van der Waals surface area contributed by atoms with Crippen molar-refractivity contribution < 1.29 is 9.53 Å². The van der Waals surface area contributed by atoms with E-state index in [0.29, 0.717) is 36.7 Å². The molecular formula is C35H46Cl2N4O2. The van der Waals surface area contributed by atoms with E-state index in [1.807, 2.05) is 62.4 Å². The lowest BCUT2D eigenvalue weighted by Crippen LogP contribution is -2.51. The minimum absolute atomic E-state index is 0.188. The highest BCUT2D eigenvalue weighted by atomic mass is 35.5. The highest BCUT2D eigenvalue weighted by Gasteiger charge is 2.25. The van der Waals surface area contributed by atoms with Crippen LogP contribution in [-0.4, -0.2) is 91.8 Å². The van der Waals surface area contributed by atoms with Gasteiger partial charge in [-0.15, -0.1) is 0 Å². The van der Waals surface area contributed by atoms with Gasteiger partial charge in [0.25, 0.3) is 0 Å². The van der Waals surface area contributed by atoms with Crippen LogP contribution < -0.4 is 5.32 Å². The van der Waals surface area contributed by atoms with Gasteiger partial charge < -0.3 is 15.0 Å². The second kappa shape index (κ2) is 18.8. The van der Waals surface area contributed by atoms with E-state index in [1.54, 1.807) is 4.90 Å². The highest BCUT2D eigenvalue weighted by Crippen LogP contribution is 2.13. The molecule has 1 N–H and O–H groups in total. The van der Waals surface area contributed by atoms with E-state index in [9.17, 15) is 4.79 Å². The van der Waals surface area contributed by atoms with Crippen LogP contribution in [0.5, 0.6) is 0 Å². The summed E-state index contributed by atoms with van der Waals surface area (Å²) in [6.07, 6.45) is 1.81. The molecule has 232 valence electrons. The van der Waals surface area contributed by atoms with Gasteiger partial charge in [-0.1, -0.05) is 86.7 Å². The molecule has 0 radical (unpaired) electrons. The van der Waals surface area contributed by atoms with E-state index in [0.717, 1.165) is 68.3 Å². The van der Waals surface area contributed by atoms with E-state index >= 15 is 0 Å². The molecule has 4 rings (SSSR count). The van der Waals surface area contributed by atoms with Crippen LogP contribution in [0.3, 0.4) is 0 Å². The van der Waals surface area contributed by atoms with Crippen LogP contribution in [0.15, 0.2) is 48.5 Å². The first-order valence-corrected chi connectivity index (χ1v) is 16.2. The first-order valence-electron chi connectivity index (χ1n) is 15.4. The predicted molar refractivity (Wildman–Crippen MR) is 179 cm³/mol. The number of benzene rings is 2. The van der Waals surface area contributed by atoms with Crippen molar-refractivity contribution in [3.8, 4) is 23.7 Å². The number of carbonyl (C=O) groups is 1. The number of hydrogen-bond donors (Lipinski definition) is 1. The Hall–Kier alpha value is -2.71. The second-order valence-electron chi connectivity index (χ2n) is 11.2. The first kappa shape index (κ1) is 34.8. The number of rotatable bonds is 6. The summed E-state index contributed by atoms with van der Waals surface area (Å²) in [5.41, 5.74) is 1.93. The maximum atomic E-state index is 12.0.